The Morgan fingerprint density at radius 2 is 1.61 bits per heavy atom. The van der Waals surface area contributed by atoms with Gasteiger partial charge in [-0.15, -0.1) is 5.10 Å². The van der Waals surface area contributed by atoms with Gasteiger partial charge in [-0.2, -0.15) is 0 Å². The van der Waals surface area contributed by atoms with E-state index >= 15 is 0 Å². The summed E-state index contributed by atoms with van der Waals surface area (Å²) in [7, 11) is 0. The van der Waals surface area contributed by atoms with Crippen LogP contribution in [0.4, 0.5) is 10.6 Å². The van der Waals surface area contributed by atoms with Gasteiger partial charge in [0.1, 0.15) is 0 Å². The summed E-state index contributed by atoms with van der Waals surface area (Å²) >= 11 is 0. The number of nitrogens with zero attached hydrogens (tertiary/aromatic N) is 3. The van der Waals surface area contributed by atoms with Crippen molar-refractivity contribution in [3.05, 3.63) is 71.9 Å². The molecule has 1 amide bonds. The number of hydrogen-bond donors (Lipinski definition) is 1. The molecule has 1 heterocycles. The number of carbonyl (C=O) groups is 2. The second-order valence-electron chi connectivity index (χ2n) is 10.0. The Hall–Kier alpha value is -3.61. The maximum absolute atomic E-state index is 13.5. The maximum atomic E-state index is 13.5. The van der Waals surface area contributed by atoms with Crippen LogP contribution in [0.2, 0.25) is 0 Å². The molecule has 1 N–H and O–H groups in total. The number of rotatable bonds is 8. The van der Waals surface area contributed by atoms with E-state index in [4.69, 9.17) is 4.74 Å². The lowest BCUT2D eigenvalue weighted by Crippen LogP contribution is -2.42. The van der Waals surface area contributed by atoms with Gasteiger partial charge in [0.2, 0.25) is 11.7 Å². The minimum absolute atomic E-state index is 0.0198. The Morgan fingerprint density at radius 3 is 2.19 bits per heavy atom. The zero-order valence-corrected chi connectivity index (χ0v) is 21.3. The van der Waals surface area contributed by atoms with Crippen molar-refractivity contribution in [2.45, 2.75) is 65.3 Å². The van der Waals surface area contributed by atoms with Gasteiger partial charge in [0.25, 0.3) is 0 Å². The largest absolute Gasteiger partial charge is 0.511 e. The van der Waals surface area contributed by atoms with Crippen molar-refractivity contribution in [3.8, 4) is 11.4 Å². The highest BCUT2D eigenvalue weighted by Crippen LogP contribution is 2.35. The number of amides is 1. The van der Waals surface area contributed by atoms with Gasteiger partial charge < -0.3 is 9.84 Å². The Balaban J connectivity index is 1.57. The van der Waals surface area contributed by atoms with Crippen LogP contribution in [0.15, 0.2) is 60.8 Å². The zero-order chi connectivity index (χ0) is 25.7. The van der Waals surface area contributed by atoms with E-state index in [1.54, 1.807) is 9.58 Å². The summed E-state index contributed by atoms with van der Waals surface area (Å²) in [6, 6.07) is 18.2. The average molecular weight is 490 g/mol. The van der Waals surface area contributed by atoms with Crippen LogP contribution in [0.3, 0.4) is 0 Å². The van der Waals surface area contributed by atoms with Crippen LogP contribution < -0.4 is 9.64 Å². The third-order valence-electron chi connectivity index (χ3n) is 6.95. The van der Waals surface area contributed by atoms with E-state index in [9.17, 15) is 14.7 Å². The van der Waals surface area contributed by atoms with Gasteiger partial charge in [-0.05, 0) is 81.5 Å². The molecule has 1 saturated carbocycles. The summed E-state index contributed by atoms with van der Waals surface area (Å²) in [6.45, 7) is 6.04. The van der Waals surface area contributed by atoms with Gasteiger partial charge in [-0.3, -0.25) is 9.69 Å². The molecule has 0 bridgehead atoms. The van der Waals surface area contributed by atoms with E-state index in [2.05, 4.69) is 24.2 Å². The molecule has 0 radical (unpaired) electrons. The van der Waals surface area contributed by atoms with Crippen LogP contribution in [0.1, 0.15) is 57.6 Å². The van der Waals surface area contributed by atoms with Crippen LogP contribution >= 0.6 is 0 Å². The second kappa shape index (κ2) is 11.4. The van der Waals surface area contributed by atoms with Gasteiger partial charge in [0, 0.05) is 12.0 Å². The van der Waals surface area contributed by atoms with Crippen molar-refractivity contribution < 1.29 is 19.4 Å². The van der Waals surface area contributed by atoms with E-state index in [-0.39, 0.29) is 29.4 Å². The topological polar surface area (TPSA) is 84.7 Å². The molecule has 190 valence electrons. The normalized spacial score (nSPS) is 17.7. The molecule has 0 saturated heterocycles. The lowest BCUT2D eigenvalue weighted by molar-refractivity contribution is -0.124. The van der Waals surface area contributed by atoms with Gasteiger partial charge >= 0.3 is 6.16 Å². The van der Waals surface area contributed by atoms with Crippen LogP contribution in [0.5, 0.6) is 5.75 Å². The number of aromatic nitrogens is 2. The van der Waals surface area contributed by atoms with E-state index < -0.39 is 6.16 Å². The fourth-order valence-electron chi connectivity index (χ4n) is 4.87. The lowest BCUT2D eigenvalue weighted by atomic mass is 9.82. The number of carboxylic acid groups (broad SMARTS) is 1. The summed E-state index contributed by atoms with van der Waals surface area (Å²) in [5.41, 5.74) is 3.25. The molecule has 2 aromatic carbocycles. The molecule has 36 heavy (non-hydrogen) atoms. The molecule has 1 aliphatic carbocycles. The highest BCUT2D eigenvalue weighted by molar-refractivity contribution is 5.96. The third-order valence-corrected chi connectivity index (χ3v) is 6.95. The van der Waals surface area contributed by atoms with Crippen molar-refractivity contribution in [2.24, 2.45) is 11.8 Å². The van der Waals surface area contributed by atoms with Crippen molar-refractivity contribution in [2.75, 3.05) is 4.90 Å². The summed E-state index contributed by atoms with van der Waals surface area (Å²) < 4.78 is 6.67. The Bertz CT molecular complexity index is 1160. The minimum atomic E-state index is -1.44. The van der Waals surface area contributed by atoms with Crippen LogP contribution in [-0.2, 0) is 17.6 Å². The fourth-order valence-corrected chi connectivity index (χ4v) is 4.87. The standard InChI is InChI=1S/C29H35N3O4/c1-20(2)32(28(33)24-15-9-21(3)10-16-24)27-26(36-29(34)35)19-31(30-27)25-17-13-23(14-18-25)12-11-22-7-5-4-6-8-22/h4-8,13-14,17-21,24H,9-12,15-16H2,1-3H3,(H,34,35)/t21-,24-. The van der Waals surface area contributed by atoms with Crippen LogP contribution in [0.25, 0.3) is 5.69 Å². The van der Waals surface area contributed by atoms with Gasteiger partial charge in [0.05, 0.1) is 11.9 Å². The summed E-state index contributed by atoms with van der Waals surface area (Å²) in [5.74, 6) is 0.817. The molecule has 7 nitrogen and oxygen atoms in total. The SMILES string of the molecule is CC(C)N(c1nn(-c2ccc(CCc3ccccc3)cc2)cc1OC(=O)O)C(=O)[C@H]1CC[C@H](C)CC1. The molecule has 4 rings (SSSR count). The second-order valence-corrected chi connectivity index (χ2v) is 10.0. The number of ether oxygens (including phenoxy) is 1. The molecule has 0 aliphatic heterocycles. The fraction of sp³-hybridized carbons (Fsp3) is 0.414. The molecule has 1 aromatic heterocycles. The Labute approximate surface area is 212 Å². The van der Waals surface area contributed by atoms with E-state index in [1.165, 1.54) is 17.3 Å². The molecule has 1 fully saturated rings. The first-order chi connectivity index (χ1) is 17.3. The van der Waals surface area contributed by atoms with E-state index in [0.717, 1.165) is 44.2 Å². The quantitative estimate of drug-likeness (QED) is 0.376. The first-order valence-electron chi connectivity index (χ1n) is 12.8. The number of carbonyl (C=O) groups excluding carboxylic acids is 1. The molecule has 0 spiro atoms. The van der Waals surface area contributed by atoms with Crippen LogP contribution in [0, 0.1) is 11.8 Å². The number of benzene rings is 2. The number of anilines is 1. The Morgan fingerprint density at radius 1 is 1.00 bits per heavy atom. The smallest absolute Gasteiger partial charge is 0.449 e. The molecule has 0 unspecified atom stereocenters. The molecule has 3 aromatic rings. The molecule has 7 heteroatoms. The van der Waals surface area contributed by atoms with E-state index in [0.29, 0.717) is 5.92 Å². The minimum Gasteiger partial charge on any atom is -0.449 e. The van der Waals surface area contributed by atoms with Gasteiger partial charge in [-0.25, -0.2) is 9.48 Å². The highest BCUT2D eigenvalue weighted by Gasteiger charge is 2.34. The van der Waals surface area contributed by atoms with Crippen molar-refractivity contribution >= 4 is 17.9 Å². The van der Waals surface area contributed by atoms with Crippen molar-refractivity contribution in [1.82, 2.24) is 9.78 Å². The Kier molecular flexibility index (Phi) is 8.08. The first-order valence-corrected chi connectivity index (χ1v) is 12.8. The van der Waals surface area contributed by atoms with Gasteiger partial charge in [-0.1, -0.05) is 49.4 Å². The predicted molar refractivity (Wildman–Crippen MR) is 140 cm³/mol. The van der Waals surface area contributed by atoms with Crippen molar-refractivity contribution in [1.29, 1.82) is 0 Å². The van der Waals surface area contributed by atoms with E-state index in [1.807, 2.05) is 56.3 Å². The zero-order valence-electron chi connectivity index (χ0n) is 21.3. The summed E-state index contributed by atoms with van der Waals surface area (Å²) in [6.07, 6.45) is 5.68. The molecular weight excluding hydrogens is 454 g/mol. The molecular formula is C29H35N3O4. The number of hydrogen-bond acceptors (Lipinski definition) is 4. The van der Waals surface area contributed by atoms with Crippen molar-refractivity contribution in [3.63, 3.8) is 0 Å². The molecule has 1 aliphatic rings. The predicted octanol–water partition coefficient (Wildman–Crippen LogP) is 6.28. The monoisotopic (exact) mass is 489 g/mol. The average Bonchev–Trinajstić information content (AvgIpc) is 3.26. The summed E-state index contributed by atoms with van der Waals surface area (Å²) in [4.78, 5) is 26.6. The highest BCUT2D eigenvalue weighted by atomic mass is 16.7. The lowest BCUT2D eigenvalue weighted by Gasteiger charge is -2.32. The third kappa shape index (κ3) is 6.14. The molecule has 0 atom stereocenters. The first kappa shape index (κ1) is 25.5. The van der Waals surface area contributed by atoms with Gasteiger partial charge in [0.15, 0.2) is 5.75 Å². The number of aryl methyl sites for hydroxylation is 2. The maximum Gasteiger partial charge on any atom is 0.511 e. The van der Waals surface area contributed by atoms with Crippen LogP contribution in [-0.4, -0.2) is 33.0 Å². The summed E-state index contributed by atoms with van der Waals surface area (Å²) in [5, 5.41) is 14.0.